The van der Waals surface area contributed by atoms with Crippen molar-refractivity contribution in [3.63, 3.8) is 0 Å². The van der Waals surface area contributed by atoms with E-state index in [1.165, 1.54) is 0 Å². The molecule has 1 aromatic heterocycles. The molecule has 0 spiro atoms. The lowest BCUT2D eigenvalue weighted by molar-refractivity contribution is -0.123. The molecule has 0 aliphatic rings. The summed E-state index contributed by atoms with van der Waals surface area (Å²) in [6.07, 6.45) is 1.16. The highest BCUT2D eigenvalue weighted by Crippen LogP contribution is 2.34. The maximum absolute atomic E-state index is 12.4. The molecule has 0 aliphatic heterocycles. The van der Waals surface area contributed by atoms with Crippen molar-refractivity contribution in [2.45, 2.75) is 6.92 Å². The zero-order valence-electron chi connectivity index (χ0n) is 17.2. The minimum absolute atomic E-state index is 0.00712. The van der Waals surface area contributed by atoms with Gasteiger partial charge in [0, 0.05) is 15.7 Å². The molecule has 1 heterocycles. The maximum atomic E-state index is 12.4. The molecule has 0 saturated carbocycles. The van der Waals surface area contributed by atoms with Gasteiger partial charge in [0.2, 0.25) is 5.88 Å². The van der Waals surface area contributed by atoms with Gasteiger partial charge in [-0.2, -0.15) is 5.10 Å². The molecule has 0 unspecified atom stereocenters. The van der Waals surface area contributed by atoms with Crippen LogP contribution in [0.2, 0.25) is 15.1 Å². The summed E-state index contributed by atoms with van der Waals surface area (Å²) in [5, 5.41) is 7.83. The van der Waals surface area contributed by atoms with Crippen LogP contribution in [0.1, 0.15) is 23.0 Å². The van der Waals surface area contributed by atoms with E-state index in [1.54, 1.807) is 55.5 Å². The molecular weight excluding hydrogens is 493 g/mol. The van der Waals surface area contributed by atoms with E-state index in [-0.39, 0.29) is 35.4 Å². The van der Waals surface area contributed by atoms with Crippen LogP contribution in [-0.4, -0.2) is 31.3 Å². The first kappa shape index (κ1) is 24.4. The second-order valence-corrected chi connectivity index (χ2v) is 7.62. The normalized spacial score (nSPS) is 10.8. The van der Waals surface area contributed by atoms with Crippen molar-refractivity contribution >= 4 is 64.5 Å². The number of carbonyl (C=O) groups is 2. The van der Waals surface area contributed by atoms with Gasteiger partial charge in [0.1, 0.15) is 16.3 Å². The highest BCUT2D eigenvalue weighted by atomic mass is 35.5. The molecule has 11 heteroatoms. The molecule has 1 amide bonds. The Hall–Kier alpha value is -3.20. The average molecular weight is 511 g/mol. The van der Waals surface area contributed by atoms with Crippen molar-refractivity contribution in [3.05, 3.63) is 74.9 Å². The molecule has 3 aromatic rings. The van der Waals surface area contributed by atoms with Crippen LogP contribution < -0.4 is 15.5 Å². The molecule has 2 aromatic carbocycles. The summed E-state index contributed by atoms with van der Waals surface area (Å²) in [6.45, 7) is 1.54. The predicted molar refractivity (Wildman–Crippen MR) is 127 cm³/mol. The highest BCUT2D eigenvalue weighted by Gasteiger charge is 2.25. The van der Waals surface area contributed by atoms with E-state index >= 15 is 0 Å². The van der Waals surface area contributed by atoms with Gasteiger partial charge in [-0.3, -0.25) is 4.79 Å². The van der Waals surface area contributed by atoms with E-state index in [2.05, 4.69) is 15.8 Å². The Kier molecular flexibility index (Phi) is 8.59. The number of amides is 1. The lowest BCUT2D eigenvalue weighted by Crippen LogP contribution is -2.24. The van der Waals surface area contributed by atoms with E-state index < -0.39 is 11.9 Å². The number of hydrogen-bond donors (Lipinski definition) is 2. The first-order chi connectivity index (χ1) is 15.9. The Morgan fingerprint density at radius 1 is 1.03 bits per heavy atom. The molecule has 3 rings (SSSR count). The van der Waals surface area contributed by atoms with Crippen molar-refractivity contribution in [2.75, 3.05) is 18.5 Å². The number of nitrogens with zero attached hydrogens (tertiary/aromatic N) is 1. The lowest BCUT2D eigenvalue weighted by Gasteiger charge is -2.06. The molecular formula is C22H18Cl3N3O5. The molecule has 33 heavy (non-hydrogen) atoms. The van der Waals surface area contributed by atoms with Crippen LogP contribution >= 0.6 is 34.8 Å². The van der Waals surface area contributed by atoms with Gasteiger partial charge in [-0.1, -0.05) is 34.8 Å². The fourth-order valence-electron chi connectivity index (χ4n) is 2.52. The van der Waals surface area contributed by atoms with Crippen molar-refractivity contribution < 1.29 is 23.5 Å². The minimum atomic E-state index is -0.678. The second kappa shape index (κ2) is 11.6. The smallest absolute Gasteiger partial charge is 0.345 e. The largest absolute Gasteiger partial charge is 0.484 e. The zero-order valence-corrected chi connectivity index (χ0v) is 19.5. The number of hydrazone groups is 1. The van der Waals surface area contributed by atoms with Gasteiger partial charge in [-0.05, 0) is 55.5 Å². The van der Waals surface area contributed by atoms with E-state index in [4.69, 9.17) is 48.7 Å². The Morgan fingerprint density at radius 3 is 2.30 bits per heavy atom. The van der Waals surface area contributed by atoms with Crippen LogP contribution in [0.15, 0.2) is 58.0 Å². The number of furan rings is 1. The molecule has 0 aliphatic carbocycles. The predicted octanol–water partition coefficient (Wildman–Crippen LogP) is 5.69. The number of ether oxygens (including phenoxy) is 2. The van der Waals surface area contributed by atoms with Gasteiger partial charge in [-0.15, -0.1) is 0 Å². The first-order valence-electron chi connectivity index (χ1n) is 9.59. The van der Waals surface area contributed by atoms with Crippen LogP contribution in [0.4, 0.5) is 11.6 Å². The molecule has 0 atom stereocenters. The van der Waals surface area contributed by atoms with Crippen molar-refractivity contribution in [1.82, 2.24) is 5.43 Å². The lowest BCUT2D eigenvalue weighted by atomic mass is 10.2. The summed E-state index contributed by atoms with van der Waals surface area (Å²) in [5.74, 6) is -0.629. The van der Waals surface area contributed by atoms with Crippen LogP contribution in [-0.2, 0) is 9.53 Å². The Bertz CT molecular complexity index is 1150. The zero-order chi connectivity index (χ0) is 23.8. The summed E-state index contributed by atoms with van der Waals surface area (Å²) in [6, 6.07) is 13.3. The molecule has 2 N–H and O–H groups in total. The molecule has 0 radical (unpaired) electrons. The quantitative estimate of drug-likeness (QED) is 0.218. The third-order valence-corrected chi connectivity index (χ3v) is 4.89. The van der Waals surface area contributed by atoms with Crippen LogP contribution in [0, 0.1) is 0 Å². The highest BCUT2D eigenvalue weighted by molar-refractivity contribution is 6.36. The fourth-order valence-corrected chi connectivity index (χ4v) is 3.03. The monoisotopic (exact) mass is 509 g/mol. The van der Waals surface area contributed by atoms with E-state index in [0.717, 1.165) is 6.21 Å². The van der Waals surface area contributed by atoms with Crippen LogP contribution in [0.5, 0.6) is 5.75 Å². The number of halogens is 3. The minimum Gasteiger partial charge on any atom is -0.484 e. The Balaban J connectivity index is 1.70. The van der Waals surface area contributed by atoms with Crippen molar-refractivity contribution in [3.8, 4) is 5.75 Å². The number of hydrogen-bond acceptors (Lipinski definition) is 7. The van der Waals surface area contributed by atoms with E-state index in [0.29, 0.717) is 21.5 Å². The maximum Gasteiger partial charge on any atom is 0.345 e. The molecule has 0 bridgehead atoms. The van der Waals surface area contributed by atoms with E-state index in [1.807, 2.05) is 0 Å². The molecule has 8 nitrogen and oxygen atoms in total. The van der Waals surface area contributed by atoms with Gasteiger partial charge in [0.05, 0.1) is 12.8 Å². The summed E-state index contributed by atoms with van der Waals surface area (Å²) >= 11 is 18.0. The third kappa shape index (κ3) is 6.89. The van der Waals surface area contributed by atoms with Gasteiger partial charge >= 0.3 is 5.97 Å². The van der Waals surface area contributed by atoms with Crippen molar-refractivity contribution in [2.24, 2.45) is 5.10 Å². The first-order valence-corrected chi connectivity index (χ1v) is 10.7. The number of anilines is 2. The molecule has 172 valence electrons. The summed E-state index contributed by atoms with van der Waals surface area (Å²) < 4.78 is 16.0. The van der Waals surface area contributed by atoms with Crippen LogP contribution in [0.3, 0.4) is 0 Å². The standard InChI is InChI=1S/C22H18Cl3N3O5/c1-2-31-22(30)19-20(25)17(33-21(19)27-15-7-3-13(23)4-8-15)11-26-28-18(29)12-32-16-9-5-14(24)6-10-16/h3-11,27H,2,12H2,1H3,(H,28,29)/b26-11-. The molecule has 0 saturated heterocycles. The van der Waals surface area contributed by atoms with Crippen LogP contribution in [0.25, 0.3) is 0 Å². The Labute approximate surface area is 204 Å². The summed E-state index contributed by atoms with van der Waals surface area (Å²) in [4.78, 5) is 24.4. The second-order valence-electron chi connectivity index (χ2n) is 6.37. The number of esters is 1. The SMILES string of the molecule is CCOC(=O)c1c(Nc2ccc(Cl)cc2)oc(/C=N\NC(=O)COc2ccc(Cl)cc2)c1Cl. The summed E-state index contributed by atoms with van der Waals surface area (Å²) in [5.41, 5.74) is 2.88. The Morgan fingerprint density at radius 2 is 1.67 bits per heavy atom. The molecule has 0 fully saturated rings. The van der Waals surface area contributed by atoms with Gasteiger partial charge in [0.25, 0.3) is 5.91 Å². The van der Waals surface area contributed by atoms with Gasteiger partial charge in [-0.25, -0.2) is 10.2 Å². The topological polar surface area (TPSA) is 102 Å². The number of rotatable bonds is 9. The number of carbonyl (C=O) groups excluding carboxylic acids is 2. The van der Waals surface area contributed by atoms with Crippen molar-refractivity contribution in [1.29, 1.82) is 0 Å². The summed E-state index contributed by atoms with van der Waals surface area (Å²) in [7, 11) is 0. The third-order valence-electron chi connectivity index (χ3n) is 4.01. The van der Waals surface area contributed by atoms with Gasteiger partial charge < -0.3 is 19.2 Å². The number of nitrogens with one attached hydrogen (secondary N) is 2. The average Bonchev–Trinajstić information content (AvgIpc) is 3.10. The fraction of sp³-hybridized carbons (Fsp3) is 0.136. The van der Waals surface area contributed by atoms with Gasteiger partial charge in [0.15, 0.2) is 12.4 Å². The van der Waals surface area contributed by atoms with E-state index in [9.17, 15) is 9.59 Å². The number of benzene rings is 2.